The molecule has 0 fully saturated rings. The van der Waals surface area contributed by atoms with Gasteiger partial charge in [-0.2, -0.15) is 5.10 Å². The van der Waals surface area contributed by atoms with Crippen molar-refractivity contribution in [1.29, 1.82) is 0 Å². The van der Waals surface area contributed by atoms with Crippen molar-refractivity contribution in [2.24, 2.45) is 0 Å². The van der Waals surface area contributed by atoms with Crippen LogP contribution < -0.4 is 5.48 Å². The van der Waals surface area contributed by atoms with Crippen LogP contribution in [-0.4, -0.2) is 20.9 Å². The minimum atomic E-state index is -0.670. The van der Waals surface area contributed by atoms with Gasteiger partial charge in [-0.1, -0.05) is 39.7 Å². The van der Waals surface area contributed by atoms with Crippen molar-refractivity contribution in [3.8, 4) is 16.9 Å². The number of hydrogen-bond acceptors (Lipinski definition) is 3. The van der Waals surface area contributed by atoms with E-state index in [1.54, 1.807) is 40.5 Å². The number of rotatable bonds is 3. The summed E-state index contributed by atoms with van der Waals surface area (Å²) >= 11 is 9.31. The highest BCUT2D eigenvalue weighted by molar-refractivity contribution is 9.10. The molecule has 116 valence electrons. The molecule has 1 aromatic heterocycles. The van der Waals surface area contributed by atoms with Gasteiger partial charge in [-0.15, -0.1) is 0 Å². The molecule has 2 aromatic carbocycles. The lowest BCUT2D eigenvalue weighted by atomic mass is 10.1. The lowest BCUT2D eigenvalue weighted by Gasteiger charge is -2.07. The van der Waals surface area contributed by atoms with Crippen LogP contribution in [0.4, 0.5) is 0 Å². The molecule has 3 rings (SSSR count). The Kier molecular flexibility index (Phi) is 4.47. The maximum Gasteiger partial charge on any atom is 0.295 e. The van der Waals surface area contributed by atoms with Gasteiger partial charge in [0.05, 0.1) is 11.4 Å². The van der Waals surface area contributed by atoms with Gasteiger partial charge in [-0.05, 0) is 42.5 Å². The summed E-state index contributed by atoms with van der Waals surface area (Å²) in [4.78, 5) is 11.7. The zero-order chi connectivity index (χ0) is 16.4. The van der Waals surface area contributed by atoms with Gasteiger partial charge in [0.1, 0.15) is 0 Å². The van der Waals surface area contributed by atoms with Gasteiger partial charge >= 0.3 is 0 Å². The number of nitrogens with one attached hydrogen (secondary N) is 1. The smallest absolute Gasteiger partial charge is 0.288 e. The van der Waals surface area contributed by atoms with Crippen LogP contribution in [0, 0.1) is 0 Å². The van der Waals surface area contributed by atoms with Crippen LogP contribution in [-0.2, 0) is 0 Å². The van der Waals surface area contributed by atoms with E-state index in [-0.39, 0.29) is 5.69 Å². The molecule has 0 saturated carbocycles. The third-order valence-electron chi connectivity index (χ3n) is 3.25. The fraction of sp³-hybridized carbons (Fsp3) is 0. The average molecular weight is 393 g/mol. The number of carbonyl (C=O) groups excluding carboxylic acids is 1. The third-order valence-corrected chi connectivity index (χ3v) is 4.04. The first-order valence-electron chi connectivity index (χ1n) is 6.65. The monoisotopic (exact) mass is 391 g/mol. The molecular formula is C16H11BrClN3O2. The predicted octanol–water partition coefficient (Wildman–Crippen LogP) is 4.07. The second kappa shape index (κ2) is 6.54. The molecule has 0 atom stereocenters. The van der Waals surface area contributed by atoms with E-state index in [2.05, 4.69) is 21.0 Å². The molecule has 0 unspecified atom stereocenters. The number of aromatic nitrogens is 2. The molecule has 0 aliphatic carbocycles. The first-order valence-corrected chi connectivity index (χ1v) is 7.82. The van der Waals surface area contributed by atoms with Gasteiger partial charge in [-0.3, -0.25) is 10.0 Å². The lowest BCUT2D eigenvalue weighted by molar-refractivity contribution is 0.0700. The summed E-state index contributed by atoms with van der Waals surface area (Å²) in [7, 11) is 0. The Morgan fingerprint density at radius 3 is 2.39 bits per heavy atom. The number of benzene rings is 2. The molecule has 0 spiro atoms. The highest BCUT2D eigenvalue weighted by atomic mass is 79.9. The normalized spacial score (nSPS) is 10.6. The summed E-state index contributed by atoms with van der Waals surface area (Å²) in [6, 6.07) is 16.3. The van der Waals surface area contributed by atoms with Gasteiger partial charge in [0.15, 0.2) is 5.69 Å². The summed E-state index contributed by atoms with van der Waals surface area (Å²) in [6.45, 7) is 0. The quantitative estimate of drug-likeness (QED) is 0.521. The number of nitrogens with zero attached hydrogens (tertiary/aromatic N) is 2. The van der Waals surface area contributed by atoms with Crippen molar-refractivity contribution in [2.45, 2.75) is 0 Å². The molecule has 0 saturated heterocycles. The average Bonchev–Trinajstić information content (AvgIpc) is 3.01. The first-order chi connectivity index (χ1) is 11.1. The van der Waals surface area contributed by atoms with E-state index < -0.39 is 5.91 Å². The number of halogens is 2. The van der Waals surface area contributed by atoms with Crippen LogP contribution >= 0.6 is 27.5 Å². The second-order valence-electron chi connectivity index (χ2n) is 4.75. The fourth-order valence-electron chi connectivity index (χ4n) is 2.15. The topological polar surface area (TPSA) is 67.2 Å². The molecule has 0 radical (unpaired) electrons. The summed E-state index contributed by atoms with van der Waals surface area (Å²) in [5.41, 5.74) is 4.07. The van der Waals surface area contributed by atoms with E-state index in [4.69, 9.17) is 16.8 Å². The summed E-state index contributed by atoms with van der Waals surface area (Å²) < 4.78 is 2.58. The van der Waals surface area contributed by atoms with E-state index in [9.17, 15) is 4.79 Å². The molecule has 1 heterocycles. The molecule has 7 heteroatoms. The molecule has 0 aliphatic heterocycles. The molecular weight excluding hydrogens is 382 g/mol. The van der Waals surface area contributed by atoms with E-state index in [0.29, 0.717) is 5.02 Å². The van der Waals surface area contributed by atoms with Gasteiger partial charge in [0.2, 0.25) is 0 Å². The largest absolute Gasteiger partial charge is 0.295 e. The van der Waals surface area contributed by atoms with Crippen molar-refractivity contribution in [1.82, 2.24) is 15.3 Å². The van der Waals surface area contributed by atoms with Crippen LogP contribution in [0.3, 0.4) is 0 Å². The lowest BCUT2D eigenvalue weighted by Crippen LogP contribution is -2.19. The minimum absolute atomic E-state index is 0.111. The second-order valence-corrected chi connectivity index (χ2v) is 6.10. The zero-order valence-electron chi connectivity index (χ0n) is 11.7. The van der Waals surface area contributed by atoms with E-state index in [1.165, 1.54) is 0 Å². The zero-order valence-corrected chi connectivity index (χ0v) is 14.0. The van der Waals surface area contributed by atoms with Crippen LogP contribution in [0.2, 0.25) is 5.02 Å². The molecule has 5 nitrogen and oxygen atoms in total. The van der Waals surface area contributed by atoms with Crippen molar-refractivity contribution in [2.75, 3.05) is 0 Å². The molecule has 3 aromatic rings. The van der Waals surface area contributed by atoms with Crippen molar-refractivity contribution in [3.63, 3.8) is 0 Å². The summed E-state index contributed by atoms with van der Waals surface area (Å²) in [5, 5.41) is 13.7. The highest BCUT2D eigenvalue weighted by Gasteiger charge is 2.16. The van der Waals surface area contributed by atoms with Crippen molar-refractivity contribution in [3.05, 3.63) is 69.8 Å². The van der Waals surface area contributed by atoms with Crippen LogP contribution in [0.15, 0.2) is 59.1 Å². The van der Waals surface area contributed by atoms with Gasteiger partial charge in [0, 0.05) is 15.1 Å². The first kappa shape index (κ1) is 15.7. The number of hydrogen-bond donors (Lipinski definition) is 2. The Hall–Kier alpha value is -2.15. The van der Waals surface area contributed by atoms with Crippen molar-refractivity contribution >= 4 is 33.4 Å². The predicted molar refractivity (Wildman–Crippen MR) is 91.0 cm³/mol. The number of hydroxylamine groups is 1. The van der Waals surface area contributed by atoms with Gasteiger partial charge in [-0.25, -0.2) is 10.2 Å². The van der Waals surface area contributed by atoms with Gasteiger partial charge in [0.25, 0.3) is 5.91 Å². The molecule has 1 amide bonds. The Morgan fingerprint density at radius 2 is 1.78 bits per heavy atom. The molecule has 23 heavy (non-hydrogen) atoms. The van der Waals surface area contributed by atoms with E-state index in [0.717, 1.165) is 21.4 Å². The maximum atomic E-state index is 11.7. The van der Waals surface area contributed by atoms with E-state index >= 15 is 0 Å². The molecule has 0 bridgehead atoms. The standard InChI is InChI=1S/C16H11BrClN3O2/c17-11-3-1-10(2-4-11)15-9-14(16(22)20-23)19-21(15)13-7-5-12(18)6-8-13/h1-9,23H,(H,20,22). The number of carbonyl (C=O) groups is 1. The van der Waals surface area contributed by atoms with E-state index in [1.807, 2.05) is 24.3 Å². The minimum Gasteiger partial charge on any atom is -0.288 e. The molecule has 2 N–H and O–H groups in total. The summed E-state index contributed by atoms with van der Waals surface area (Å²) in [5.74, 6) is -0.670. The van der Waals surface area contributed by atoms with Crippen LogP contribution in [0.5, 0.6) is 0 Å². The Bertz CT molecular complexity index is 782. The Labute approximate surface area is 145 Å². The van der Waals surface area contributed by atoms with Gasteiger partial charge < -0.3 is 0 Å². The summed E-state index contributed by atoms with van der Waals surface area (Å²) in [6.07, 6.45) is 0. The number of amides is 1. The highest BCUT2D eigenvalue weighted by Crippen LogP contribution is 2.26. The Balaban J connectivity index is 2.16. The third kappa shape index (κ3) is 3.29. The Morgan fingerprint density at radius 1 is 1.13 bits per heavy atom. The van der Waals surface area contributed by atoms with Crippen molar-refractivity contribution < 1.29 is 10.0 Å². The van der Waals surface area contributed by atoms with Crippen LogP contribution in [0.25, 0.3) is 16.9 Å². The maximum absolute atomic E-state index is 11.7. The fourth-order valence-corrected chi connectivity index (χ4v) is 2.55. The molecule has 0 aliphatic rings. The SMILES string of the molecule is O=C(NO)c1cc(-c2ccc(Br)cc2)n(-c2ccc(Cl)cc2)n1. The van der Waals surface area contributed by atoms with Crippen LogP contribution in [0.1, 0.15) is 10.5 Å².